The number of anilines is 3. The summed E-state index contributed by atoms with van der Waals surface area (Å²) in [5.41, 5.74) is 14.2. The molecule has 0 radical (unpaired) electrons. The van der Waals surface area contributed by atoms with Gasteiger partial charge in [-0.05, 0) is 132 Å². The molecule has 1 aliphatic carbocycles. The van der Waals surface area contributed by atoms with Gasteiger partial charge in [-0.1, -0.05) is 132 Å². The SMILES string of the molecule is Cc1cc(-c2ccc3c(c2)C(C)(C)c2cc(N(c4ccccc4)c4ccccc4)ccc2-3)c2ccc3cc(C(C)(C)C)cc4ccc1c2c43. The minimum Gasteiger partial charge on any atom is -0.310 e. The van der Waals surface area contributed by atoms with E-state index in [0.29, 0.717) is 0 Å². The van der Waals surface area contributed by atoms with Gasteiger partial charge in [0.05, 0.1) is 0 Å². The fourth-order valence-corrected chi connectivity index (χ4v) is 8.40. The molecular formula is C48H41N. The fraction of sp³-hybridized carbons (Fsp3) is 0.167. The standard InChI is InChI=1S/C48H41N/c1-30-25-42(41-23-19-33-27-34(47(2,3)4)26-32-18-21-38(30)46(41)45(32)33)31-17-22-39-40-24-20-37(29-44(40)48(5,6)43(39)28-31)49(35-13-9-7-10-14-35)36-15-11-8-12-16-36/h7-29H,1-6H3. The van der Waals surface area contributed by atoms with Gasteiger partial charge in [-0.2, -0.15) is 0 Å². The molecule has 0 bridgehead atoms. The Labute approximate surface area is 289 Å². The van der Waals surface area contributed by atoms with E-state index in [1.807, 2.05) is 0 Å². The van der Waals surface area contributed by atoms with Crippen LogP contribution in [-0.2, 0) is 10.8 Å². The molecule has 0 N–H and O–H groups in total. The van der Waals surface area contributed by atoms with E-state index >= 15 is 0 Å². The predicted octanol–water partition coefficient (Wildman–Crippen LogP) is 13.6. The fourth-order valence-electron chi connectivity index (χ4n) is 8.40. The van der Waals surface area contributed by atoms with E-state index in [2.05, 4.69) is 186 Å². The normalized spacial score (nSPS) is 13.7. The molecule has 49 heavy (non-hydrogen) atoms. The maximum atomic E-state index is 2.48. The molecule has 0 amide bonds. The maximum Gasteiger partial charge on any atom is 0.0465 e. The second-order valence-corrected chi connectivity index (χ2v) is 15.5. The van der Waals surface area contributed by atoms with E-state index in [1.165, 1.54) is 82.5 Å². The summed E-state index contributed by atoms with van der Waals surface area (Å²) in [6.07, 6.45) is 0. The molecule has 8 aromatic rings. The van der Waals surface area contributed by atoms with Crippen molar-refractivity contribution in [2.45, 2.75) is 52.4 Å². The monoisotopic (exact) mass is 631 g/mol. The van der Waals surface area contributed by atoms with Gasteiger partial charge in [0.15, 0.2) is 0 Å². The van der Waals surface area contributed by atoms with Crippen molar-refractivity contribution in [3.63, 3.8) is 0 Å². The zero-order valence-corrected chi connectivity index (χ0v) is 29.2. The second-order valence-electron chi connectivity index (χ2n) is 15.5. The van der Waals surface area contributed by atoms with Crippen molar-refractivity contribution < 1.29 is 0 Å². The minimum atomic E-state index is -0.155. The average Bonchev–Trinajstić information content (AvgIpc) is 3.33. The number of hydrogen-bond acceptors (Lipinski definition) is 1. The van der Waals surface area contributed by atoms with Gasteiger partial charge < -0.3 is 4.90 Å². The molecule has 0 unspecified atom stereocenters. The molecule has 0 aliphatic heterocycles. The van der Waals surface area contributed by atoms with E-state index in [4.69, 9.17) is 0 Å². The largest absolute Gasteiger partial charge is 0.310 e. The Morgan fingerprint density at radius 3 is 1.67 bits per heavy atom. The van der Waals surface area contributed by atoms with Crippen molar-refractivity contribution >= 4 is 49.4 Å². The molecule has 0 spiro atoms. The van der Waals surface area contributed by atoms with E-state index in [-0.39, 0.29) is 10.8 Å². The molecule has 0 saturated carbocycles. The summed E-state index contributed by atoms with van der Waals surface area (Å²) >= 11 is 0. The number of para-hydroxylation sites is 2. The number of rotatable bonds is 4. The van der Waals surface area contributed by atoms with Crippen LogP contribution in [0.5, 0.6) is 0 Å². The highest BCUT2D eigenvalue weighted by Gasteiger charge is 2.36. The van der Waals surface area contributed by atoms with E-state index < -0.39 is 0 Å². The van der Waals surface area contributed by atoms with Gasteiger partial charge in [0.25, 0.3) is 0 Å². The van der Waals surface area contributed by atoms with Gasteiger partial charge in [0.2, 0.25) is 0 Å². The summed E-state index contributed by atoms with van der Waals surface area (Å²) in [5.74, 6) is 0. The van der Waals surface area contributed by atoms with Crippen LogP contribution in [0.3, 0.4) is 0 Å². The number of fused-ring (bicyclic) bond motifs is 3. The number of nitrogens with zero attached hydrogens (tertiary/aromatic N) is 1. The van der Waals surface area contributed by atoms with Crippen LogP contribution in [0.15, 0.2) is 140 Å². The molecule has 0 heterocycles. The van der Waals surface area contributed by atoms with Crippen LogP contribution >= 0.6 is 0 Å². The van der Waals surface area contributed by atoms with Gasteiger partial charge in [-0.25, -0.2) is 0 Å². The Morgan fingerprint density at radius 2 is 1.06 bits per heavy atom. The highest BCUT2D eigenvalue weighted by Crippen LogP contribution is 2.52. The molecule has 0 fully saturated rings. The third-order valence-electron chi connectivity index (χ3n) is 11.0. The van der Waals surface area contributed by atoms with Crippen molar-refractivity contribution in [2.24, 2.45) is 0 Å². The van der Waals surface area contributed by atoms with E-state index in [9.17, 15) is 0 Å². The molecule has 8 aromatic carbocycles. The van der Waals surface area contributed by atoms with Crippen LogP contribution in [-0.4, -0.2) is 0 Å². The first-order valence-electron chi connectivity index (χ1n) is 17.5. The first kappa shape index (κ1) is 29.7. The topological polar surface area (TPSA) is 3.24 Å². The van der Waals surface area contributed by atoms with Gasteiger partial charge >= 0.3 is 0 Å². The third-order valence-corrected chi connectivity index (χ3v) is 11.0. The molecule has 9 rings (SSSR count). The minimum absolute atomic E-state index is 0.0997. The molecule has 1 heteroatoms. The summed E-state index contributed by atoms with van der Waals surface area (Å²) in [4.78, 5) is 2.36. The summed E-state index contributed by atoms with van der Waals surface area (Å²) < 4.78 is 0. The Kier molecular flexibility index (Phi) is 6.40. The second kappa shape index (κ2) is 10.5. The number of benzene rings is 8. The average molecular weight is 632 g/mol. The first-order valence-corrected chi connectivity index (χ1v) is 17.5. The van der Waals surface area contributed by atoms with E-state index in [1.54, 1.807) is 0 Å². The third kappa shape index (κ3) is 4.52. The van der Waals surface area contributed by atoms with Gasteiger partial charge in [0.1, 0.15) is 0 Å². The quantitative estimate of drug-likeness (QED) is 0.175. The first-order chi connectivity index (χ1) is 23.6. The van der Waals surface area contributed by atoms with Crippen molar-refractivity contribution in [1.82, 2.24) is 0 Å². The molecule has 0 atom stereocenters. The molecule has 0 saturated heterocycles. The van der Waals surface area contributed by atoms with Gasteiger partial charge in [-0.3, -0.25) is 0 Å². The number of hydrogen-bond donors (Lipinski definition) is 0. The molecule has 0 aromatic heterocycles. The molecule has 1 nitrogen and oxygen atoms in total. The Bertz CT molecular complexity index is 2490. The predicted molar refractivity (Wildman–Crippen MR) is 211 cm³/mol. The highest BCUT2D eigenvalue weighted by molar-refractivity contribution is 6.26. The lowest BCUT2D eigenvalue weighted by atomic mass is 9.80. The summed E-state index contributed by atoms with van der Waals surface area (Å²) in [6.45, 7) is 14.0. The van der Waals surface area contributed by atoms with Crippen LogP contribution in [0.25, 0.3) is 54.6 Å². The zero-order chi connectivity index (χ0) is 33.7. The summed E-state index contributed by atoms with van der Waals surface area (Å²) in [6, 6.07) is 52.2. The van der Waals surface area contributed by atoms with Crippen molar-refractivity contribution in [3.05, 3.63) is 162 Å². The van der Waals surface area contributed by atoms with Crippen LogP contribution < -0.4 is 4.90 Å². The Hall–Kier alpha value is -5.40. The van der Waals surface area contributed by atoms with Crippen LogP contribution in [0.4, 0.5) is 17.1 Å². The van der Waals surface area contributed by atoms with E-state index in [0.717, 1.165) is 11.4 Å². The lowest BCUT2D eigenvalue weighted by molar-refractivity contribution is 0.591. The van der Waals surface area contributed by atoms with Gasteiger partial charge in [0, 0.05) is 22.5 Å². The lowest BCUT2D eigenvalue weighted by Crippen LogP contribution is -2.16. The Balaban J connectivity index is 1.19. The zero-order valence-electron chi connectivity index (χ0n) is 29.2. The summed E-state index contributed by atoms with van der Waals surface area (Å²) in [7, 11) is 0. The smallest absolute Gasteiger partial charge is 0.0465 e. The highest BCUT2D eigenvalue weighted by atomic mass is 15.1. The van der Waals surface area contributed by atoms with Crippen LogP contribution in [0.2, 0.25) is 0 Å². The van der Waals surface area contributed by atoms with Crippen molar-refractivity contribution in [1.29, 1.82) is 0 Å². The van der Waals surface area contributed by atoms with Crippen molar-refractivity contribution in [3.8, 4) is 22.3 Å². The Morgan fingerprint density at radius 1 is 0.490 bits per heavy atom. The molecule has 1 aliphatic rings. The molecular weight excluding hydrogens is 591 g/mol. The van der Waals surface area contributed by atoms with Crippen LogP contribution in [0, 0.1) is 6.92 Å². The van der Waals surface area contributed by atoms with Gasteiger partial charge in [-0.15, -0.1) is 0 Å². The maximum absolute atomic E-state index is 2.48. The van der Waals surface area contributed by atoms with Crippen LogP contribution in [0.1, 0.15) is 56.9 Å². The molecule has 238 valence electrons. The van der Waals surface area contributed by atoms with Crippen molar-refractivity contribution in [2.75, 3.05) is 4.90 Å². The number of aryl methyl sites for hydroxylation is 1. The lowest BCUT2D eigenvalue weighted by Gasteiger charge is -2.28. The summed E-state index contributed by atoms with van der Waals surface area (Å²) in [5, 5.41) is 8.12.